The molecule has 1 aromatic heterocycles. The molecule has 0 radical (unpaired) electrons. The van der Waals surface area contributed by atoms with Crippen LogP contribution < -0.4 is 9.30 Å². The van der Waals surface area contributed by atoms with Gasteiger partial charge in [-0.25, -0.2) is 11.1 Å². The second-order valence-electron chi connectivity index (χ2n) is 12.5. The molecule has 5 aromatic rings. The van der Waals surface area contributed by atoms with Crippen LogP contribution in [0, 0.1) is 26.3 Å². The van der Waals surface area contributed by atoms with E-state index in [9.17, 15) is 0 Å². The van der Waals surface area contributed by atoms with Gasteiger partial charge in [-0.3, -0.25) is 0 Å². The Kier molecular flexibility index (Phi) is 6.19. The zero-order valence-corrected chi connectivity index (χ0v) is 24.6. The molecular weight excluding hydrogens is 488 g/mol. The van der Waals surface area contributed by atoms with Crippen LogP contribution >= 0.6 is 0 Å². The summed E-state index contributed by atoms with van der Waals surface area (Å²) in [7, 11) is 2.13. The summed E-state index contributed by atoms with van der Waals surface area (Å²) >= 11 is 0. The number of pyridine rings is 1. The van der Waals surface area contributed by atoms with Gasteiger partial charge < -0.3 is 9.58 Å². The standard InChI is InChI=1S/C37H37N2O/c1-22(2)17-26-11-14-30-23(3)33-35-34-28(15-16-39(35)8)19-29(20-32(34)40-36(33)24(4)31(30)18-26)27-12-9-25(10-13-27)21-37(5,6)38-7/h9-16,18-20,22H,17,21H2,1-6,8H3/q+1. The molecule has 200 valence electrons. The second kappa shape index (κ2) is 9.49. The van der Waals surface area contributed by atoms with Gasteiger partial charge in [0, 0.05) is 25.5 Å². The van der Waals surface area contributed by atoms with Crippen LogP contribution in [-0.4, -0.2) is 5.54 Å². The van der Waals surface area contributed by atoms with E-state index < -0.39 is 5.54 Å². The molecule has 0 unspecified atom stereocenters. The van der Waals surface area contributed by atoms with Crippen LogP contribution in [0.2, 0.25) is 0 Å². The molecule has 0 amide bonds. The lowest BCUT2D eigenvalue weighted by atomic mass is 9.87. The van der Waals surface area contributed by atoms with Crippen molar-refractivity contribution < 1.29 is 9.30 Å². The minimum atomic E-state index is -0.391. The SMILES string of the molecule is [C-]#[N+]C(C)(C)Cc1ccc(-c2cc3c4c([n+](C)ccc4c2)-c2c(c(C)c4cc(CC(C)C)ccc4c2C)O3)cc1. The molecule has 3 heteroatoms. The molecule has 4 aromatic carbocycles. The first kappa shape index (κ1) is 26.1. The molecule has 0 spiro atoms. The van der Waals surface area contributed by atoms with Crippen molar-refractivity contribution in [2.24, 2.45) is 13.0 Å². The quantitative estimate of drug-likeness (QED) is 0.162. The van der Waals surface area contributed by atoms with Crippen molar-refractivity contribution in [2.75, 3.05) is 0 Å². The topological polar surface area (TPSA) is 17.5 Å². The molecule has 1 aliphatic heterocycles. The molecule has 0 fully saturated rings. The summed E-state index contributed by atoms with van der Waals surface area (Å²) in [6, 6.07) is 22.3. The van der Waals surface area contributed by atoms with Gasteiger partial charge in [0.25, 0.3) is 0 Å². The number of aryl methyl sites for hydroxylation is 3. The van der Waals surface area contributed by atoms with Gasteiger partial charge in [-0.1, -0.05) is 56.3 Å². The first-order valence-corrected chi connectivity index (χ1v) is 14.2. The lowest BCUT2D eigenvalue weighted by Gasteiger charge is -2.25. The zero-order chi connectivity index (χ0) is 28.3. The van der Waals surface area contributed by atoms with E-state index in [4.69, 9.17) is 11.3 Å². The summed E-state index contributed by atoms with van der Waals surface area (Å²) in [5.41, 5.74) is 9.32. The molecule has 0 saturated carbocycles. The number of aromatic nitrogens is 1. The van der Waals surface area contributed by atoms with E-state index >= 15 is 0 Å². The molecule has 3 nitrogen and oxygen atoms in total. The molecule has 1 aliphatic rings. The number of rotatable bonds is 5. The third-order valence-electron chi connectivity index (χ3n) is 8.35. The van der Waals surface area contributed by atoms with E-state index in [1.54, 1.807) is 0 Å². The minimum absolute atomic E-state index is 0.391. The van der Waals surface area contributed by atoms with Gasteiger partial charge in [-0.2, -0.15) is 0 Å². The summed E-state index contributed by atoms with van der Waals surface area (Å²) in [6.07, 6.45) is 3.98. The Morgan fingerprint density at radius 2 is 1.60 bits per heavy atom. The maximum absolute atomic E-state index is 7.46. The van der Waals surface area contributed by atoms with Crippen molar-refractivity contribution in [3.63, 3.8) is 0 Å². The Morgan fingerprint density at radius 3 is 2.30 bits per heavy atom. The van der Waals surface area contributed by atoms with Crippen LogP contribution in [0.15, 0.2) is 66.9 Å². The number of hydrogen-bond donors (Lipinski definition) is 0. The molecule has 0 bridgehead atoms. The summed E-state index contributed by atoms with van der Waals surface area (Å²) in [5.74, 6) is 2.49. The predicted molar refractivity (Wildman–Crippen MR) is 166 cm³/mol. The number of nitrogens with zero attached hydrogens (tertiary/aromatic N) is 2. The van der Waals surface area contributed by atoms with Crippen LogP contribution in [-0.2, 0) is 19.9 Å². The maximum Gasteiger partial charge on any atom is 0.231 e. The Bertz CT molecular complexity index is 1850. The fraction of sp³-hybridized carbons (Fsp3) is 0.297. The summed E-state index contributed by atoms with van der Waals surface area (Å²) < 4.78 is 9.11. The normalized spacial score (nSPS) is 12.5. The van der Waals surface area contributed by atoms with Crippen molar-refractivity contribution in [3.8, 4) is 33.9 Å². The molecule has 0 atom stereocenters. The van der Waals surface area contributed by atoms with Crippen molar-refractivity contribution in [3.05, 3.63) is 101 Å². The number of fused-ring (bicyclic) bond motifs is 3. The van der Waals surface area contributed by atoms with Crippen LogP contribution in [0.25, 0.3) is 48.8 Å². The highest BCUT2D eigenvalue weighted by Gasteiger charge is 2.32. The van der Waals surface area contributed by atoms with Crippen molar-refractivity contribution in [2.45, 2.75) is 59.9 Å². The average Bonchev–Trinajstić information content (AvgIpc) is 2.92. The van der Waals surface area contributed by atoms with Crippen molar-refractivity contribution in [1.82, 2.24) is 0 Å². The summed E-state index contributed by atoms with van der Waals surface area (Å²) in [6.45, 7) is 20.4. The van der Waals surface area contributed by atoms with E-state index in [0.717, 1.165) is 40.9 Å². The largest absolute Gasteiger partial charge is 0.455 e. The van der Waals surface area contributed by atoms with E-state index in [0.29, 0.717) is 5.92 Å². The van der Waals surface area contributed by atoms with Crippen LogP contribution in [0.3, 0.4) is 0 Å². The zero-order valence-electron chi connectivity index (χ0n) is 24.6. The highest BCUT2D eigenvalue weighted by atomic mass is 16.5. The van der Waals surface area contributed by atoms with Crippen LogP contribution in [0.1, 0.15) is 49.9 Å². The lowest BCUT2D eigenvalue weighted by Crippen LogP contribution is -2.32. The number of hydrogen-bond acceptors (Lipinski definition) is 1. The average molecular weight is 526 g/mol. The Hall–Kier alpha value is -4.16. The van der Waals surface area contributed by atoms with Crippen LogP contribution in [0.5, 0.6) is 11.5 Å². The van der Waals surface area contributed by atoms with Crippen molar-refractivity contribution in [1.29, 1.82) is 0 Å². The molecule has 0 N–H and O–H groups in total. The molecular formula is C37H37N2O+. The van der Waals surface area contributed by atoms with Gasteiger partial charge in [-0.15, -0.1) is 0 Å². The molecule has 2 heterocycles. The third-order valence-corrected chi connectivity index (χ3v) is 8.35. The third kappa shape index (κ3) is 4.33. The minimum Gasteiger partial charge on any atom is -0.455 e. The lowest BCUT2D eigenvalue weighted by molar-refractivity contribution is -0.659. The first-order valence-electron chi connectivity index (χ1n) is 14.2. The smallest absolute Gasteiger partial charge is 0.231 e. The molecule has 0 saturated heterocycles. The number of benzene rings is 4. The van der Waals surface area contributed by atoms with Gasteiger partial charge in [0.15, 0.2) is 6.20 Å². The second-order valence-corrected chi connectivity index (χ2v) is 12.5. The summed E-state index contributed by atoms with van der Waals surface area (Å²) in [5, 5.41) is 4.91. The van der Waals surface area contributed by atoms with E-state index in [1.807, 2.05) is 13.8 Å². The van der Waals surface area contributed by atoms with Gasteiger partial charge in [0.2, 0.25) is 11.2 Å². The molecule has 40 heavy (non-hydrogen) atoms. The maximum atomic E-state index is 7.46. The van der Waals surface area contributed by atoms with Gasteiger partial charge in [-0.05, 0) is 82.3 Å². The Balaban J connectivity index is 1.52. The summed E-state index contributed by atoms with van der Waals surface area (Å²) in [4.78, 5) is 3.77. The Morgan fingerprint density at radius 1 is 0.875 bits per heavy atom. The first-order chi connectivity index (χ1) is 19.1. The van der Waals surface area contributed by atoms with E-state index in [2.05, 4.69) is 111 Å². The van der Waals surface area contributed by atoms with E-state index in [-0.39, 0.29) is 0 Å². The predicted octanol–water partition coefficient (Wildman–Crippen LogP) is 9.31. The highest BCUT2D eigenvalue weighted by molar-refractivity contribution is 6.07. The fourth-order valence-corrected chi connectivity index (χ4v) is 6.33. The Labute approximate surface area is 237 Å². The fourth-order valence-electron chi connectivity index (χ4n) is 6.33. The molecule has 6 rings (SSSR count). The molecule has 0 aliphatic carbocycles. The van der Waals surface area contributed by atoms with Crippen LogP contribution in [0.4, 0.5) is 0 Å². The van der Waals surface area contributed by atoms with Crippen molar-refractivity contribution >= 4 is 21.5 Å². The van der Waals surface area contributed by atoms with Gasteiger partial charge in [0.1, 0.15) is 18.5 Å². The van der Waals surface area contributed by atoms with Gasteiger partial charge in [0.05, 0.1) is 17.4 Å². The highest BCUT2D eigenvalue weighted by Crippen LogP contribution is 2.51. The monoisotopic (exact) mass is 525 g/mol. The van der Waals surface area contributed by atoms with E-state index in [1.165, 1.54) is 49.7 Å². The van der Waals surface area contributed by atoms with Gasteiger partial charge >= 0.3 is 0 Å². The number of ether oxygens (including phenoxy) is 1.